The topological polar surface area (TPSA) is 85.6 Å². The molecule has 1 aliphatic carbocycles. The van der Waals surface area contributed by atoms with E-state index in [2.05, 4.69) is 5.32 Å². The Morgan fingerprint density at radius 2 is 1.96 bits per heavy atom. The van der Waals surface area contributed by atoms with Crippen molar-refractivity contribution in [1.82, 2.24) is 10.2 Å². The van der Waals surface area contributed by atoms with Crippen LogP contribution in [0.3, 0.4) is 0 Å². The second kappa shape index (κ2) is 7.56. The van der Waals surface area contributed by atoms with Crippen LogP contribution in [0.5, 0.6) is 0 Å². The summed E-state index contributed by atoms with van der Waals surface area (Å²) >= 11 is 0. The summed E-state index contributed by atoms with van der Waals surface area (Å²) < 4.78 is 19.0. The summed E-state index contributed by atoms with van der Waals surface area (Å²) in [5.74, 6) is -0.258. The zero-order chi connectivity index (χ0) is 17.9. The number of carbonyl (C=O) groups excluding carboxylic acids is 1. The summed E-state index contributed by atoms with van der Waals surface area (Å²) in [6, 6.07) is 1.33. The van der Waals surface area contributed by atoms with Crippen molar-refractivity contribution in [2.24, 2.45) is 5.41 Å². The molecule has 0 unspecified atom stereocenters. The predicted octanol–water partition coefficient (Wildman–Crippen LogP) is 1.14. The third-order valence-electron chi connectivity index (χ3n) is 6.46. The molecule has 0 bridgehead atoms. The van der Waals surface area contributed by atoms with Crippen LogP contribution >= 0.6 is 0 Å². The fourth-order valence-corrected chi connectivity index (χ4v) is 4.50. The van der Waals surface area contributed by atoms with E-state index < -0.39 is 17.8 Å². The van der Waals surface area contributed by atoms with Crippen molar-refractivity contribution in [2.45, 2.75) is 62.7 Å². The molecule has 0 aromatic rings. The van der Waals surface area contributed by atoms with Gasteiger partial charge in [0.25, 0.3) is 0 Å². The van der Waals surface area contributed by atoms with E-state index in [0.29, 0.717) is 5.41 Å². The molecule has 25 heavy (non-hydrogen) atoms. The second-order valence-corrected chi connectivity index (χ2v) is 7.93. The number of hydrogen-bond donors (Lipinski definition) is 2. The van der Waals surface area contributed by atoms with Gasteiger partial charge in [-0.15, -0.1) is 0 Å². The Morgan fingerprint density at radius 1 is 1.28 bits per heavy atom. The van der Waals surface area contributed by atoms with Gasteiger partial charge in [-0.2, -0.15) is 5.26 Å². The Kier molecular flexibility index (Phi) is 5.62. The lowest BCUT2D eigenvalue weighted by molar-refractivity contribution is -0.131. The Bertz CT molecular complexity index is 520. The van der Waals surface area contributed by atoms with Crippen molar-refractivity contribution in [2.75, 3.05) is 32.9 Å². The summed E-state index contributed by atoms with van der Waals surface area (Å²) in [5, 5.41) is 22.2. The summed E-state index contributed by atoms with van der Waals surface area (Å²) in [6.45, 7) is 1.65. The molecular weight excluding hydrogens is 325 g/mol. The third kappa shape index (κ3) is 3.97. The number of alkyl halides is 1. The van der Waals surface area contributed by atoms with Crippen molar-refractivity contribution >= 4 is 5.91 Å². The molecule has 7 heteroatoms. The first-order valence-corrected chi connectivity index (χ1v) is 9.28. The van der Waals surface area contributed by atoms with Gasteiger partial charge in [-0.25, -0.2) is 4.39 Å². The molecule has 2 atom stereocenters. The summed E-state index contributed by atoms with van der Waals surface area (Å²) in [4.78, 5) is 13.7. The lowest BCUT2D eigenvalue weighted by Gasteiger charge is -2.48. The monoisotopic (exact) mass is 353 g/mol. The number of aliphatic hydroxyl groups is 1. The number of aliphatic hydroxyl groups excluding tert-OH is 1. The van der Waals surface area contributed by atoms with Gasteiger partial charge in [0.15, 0.2) is 0 Å². The van der Waals surface area contributed by atoms with Crippen LogP contribution in [0.4, 0.5) is 4.39 Å². The molecule has 3 fully saturated rings. The molecule has 3 rings (SSSR count). The van der Waals surface area contributed by atoms with Crippen LogP contribution in [0.2, 0.25) is 0 Å². The van der Waals surface area contributed by atoms with Crippen LogP contribution in [0.1, 0.15) is 44.9 Å². The fourth-order valence-electron chi connectivity index (χ4n) is 4.50. The number of nitriles is 1. The smallest absolute Gasteiger partial charge is 0.237 e. The maximum Gasteiger partial charge on any atom is 0.237 e. The molecule has 1 spiro atoms. The lowest BCUT2D eigenvalue weighted by atomic mass is 9.64. The highest BCUT2D eigenvalue weighted by atomic mass is 19.1. The van der Waals surface area contributed by atoms with Gasteiger partial charge in [0.1, 0.15) is 12.2 Å². The van der Waals surface area contributed by atoms with Crippen molar-refractivity contribution in [1.29, 1.82) is 5.26 Å². The molecule has 3 aliphatic rings. The number of nitrogens with zero attached hydrogens (tertiary/aromatic N) is 2. The van der Waals surface area contributed by atoms with Gasteiger partial charge in [-0.05, 0) is 43.9 Å². The molecule has 2 saturated heterocycles. The van der Waals surface area contributed by atoms with Gasteiger partial charge in [0.05, 0.1) is 25.8 Å². The van der Waals surface area contributed by atoms with Crippen molar-refractivity contribution in [3.05, 3.63) is 0 Å². The molecule has 2 heterocycles. The lowest BCUT2D eigenvalue weighted by Crippen LogP contribution is -2.56. The van der Waals surface area contributed by atoms with E-state index in [4.69, 9.17) is 10.00 Å². The van der Waals surface area contributed by atoms with E-state index in [-0.39, 0.29) is 32.0 Å². The minimum Gasteiger partial charge on any atom is -0.394 e. The number of carbonyl (C=O) groups is 1. The molecule has 140 valence electrons. The maximum atomic E-state index is 13.5. The zero-order valence-corrected chi connectivity index (χ0v) is 14.7. The standard InChI is InChI=1S/C18H28FN3O3/c19-14-9-15(10-20)22(12-14)16(24)11-21-18(13-23)3-1-17(2-4-18)5-7-25-8-6-17/h14-15,21,23H,1-9,11-13H2/t14-,15+/m1/s1. The van der Waals surface area contributed by atoms with Gasteiger partial charge < -0.3 is 20.1 Å². The quantitative estimate of drug-likeness (QED) is 0.792. The summed E-state index contributed by atoms with van der Waals surface area (Å²) in [6.07, 6.45) is 4.81. The fraction of sp³-hybridized carbons (Fsp3) is 0.889. The van der Waals surface area contributed by atoms with E-state index in [9.17, 15) is 14.3 Å². The van der Waals surface area contributed by atoms with Crippen LogP contribution < -0.4 is 5.32 Å². The molecule has 0 radical (unpaired) electrons. The minimum atomic E-state index is -1.12. The number of rotatable bonds is 4. The van der Waals surface area contributed by atoms with Crippen LogP contribution in [-0.4, -0.2) is 66.6 Å². The average Bonchev–Trinajstić information content (AvgIpc) is 3.03. The Hall–Kier alpha value is -1.23. The minimum absolute atomic E-state index is 0.00598. The molecule has 2 N–H and O–H groups in total. The van der Waals surface area contributed by atoms with Crippen LogP contribution in [-0.2, 0) is 9.53 Å². The predicted molar refractivity (Wildman–Crippen MR) is 89.4 cm³/mol. The van der Waals surface area contributed by atoms with Crippen LogP contribution in [0, 0.1) is 16.7 Å². The molecule has 2 aliphatic heterocycles. The Morgan fingerprint density at radius 3 is 2.56 bits per heavy atom. The number of nitrogens with one attached hydrogen (secondary N) is 1. The van der Waals surface area contributed by atoms with Gasteiger partial charge in [0, 0.05) is 25.2 Å². The highest BCUT2D eigenvalue weighted by molar-refractivity contribution is 5.79. The van der Waals surface area contributed by atoms with Crippen molar-refractivity contribution in [3.63, 3.8) is 0 Å². The normalized spacial score (nSPS) is 31.0. The van der Waals surface area contributed by atoms with Crippen LogP contribution in [0.15, 0.2) is 0 Å². The van der Waals surface area contributed by atoms with Gasteiger partial charge in [-0.1, -0.05) is 0 Å². The highest BCUT2D eigenvalue weighted by Gasteiger charge is 2.43. The SMILES string of the molecule is N#C[C@@H]1C[C@@H](F)CN1C(=O)CNC1(CO)CCC2(CCOCC2)CC1. The first kappa shape index (κ1) is 18.6. The van der Waals surface area contributed by atoms with E-state index >= 15 is 0 Å². The number of ether oxygens (including phenoxy) is 1. The molecule has 1 saturated carbocycles. The van der Waals surface area contributed by atoms with Gasteiger partial charge in [0.2, 0.25) is 5.91 Å². The van der Waals surface area contributed by atoms with E-state index in [1.807, 2.05) is 6.07 Å². The second-order valence-electron chi connectivity index (χ2n) is 7.93. The average molecular weight is 353 g/mol. The van der Waals surface area contributed by atoms with Gasteiger partial charge in [-0.3, -0.25) is 4.79 Å². The first-order valence-electron chi connectivity index (χ1n) is 9.28. The molecular formula is C18H28FN3O3. The third-order valence-corrected chi connectivity index (χ3v) is 6.46. The Labute approximate surface area is 148 Å². The molecule has 0 aromatic carbocycles. The molecule has 1 amide bonds. The van der Waals surface area contributed by atoms with Crippen LogP contribution in [0.25, 0.3) is 0 Å². The number of amides is 1. The summed E-state index contributed by atoms with van der Waals surface area (Å²) in [7, 11) is 0. The van der Waals surface area contributed by atoms with E-state index in [1.54, 1.807) is 0 Å². The molecule has 6 nitrogen and oxygen atoms in total. The maximum absolute atomic E-state index is 13.5. The highest BCUT2D eigenvalue weighted by Crippen LogP contribution is 2.47. The zero-order valence-electron chi connectivity index (χ0n) is 14.7. The van der Waals surface area contributed by atoms with Gasteiger partial charge >= 0.3 is 0 Å². The number of halogens is 1. The number of likely N-dealkylation sites (tertiary alicyclic amines) is 1. The van der Waals surface area contributed by atoms with E-state index in [1.165, 1.54) is 4.90 Å². The summed E-state index contributed by atoms with van der Waals surface area (Å²) in [5.41, 5.74) is -0.124. The molecule has 0 aromatic heterocycles. The number of hydrogen-bond acceptors (Lipinski definition) is 5. The largest absolute Gasteiger partial charge is 0.394 e. The van der Waals surface area contributed by atoms with Crippen molar-refractivity contribution in [3.8, 4) is 6.07 Å². The Balaban J connectivity index is 1.54. The van der Waals surface area contributed by atoms with Crippen molar-refractivity contribution < 1.29 is 19.0 Å². The first-order chi connectivity index (χ1) is 12.0. The van der Waals surface area contributed by atoms with E-state index in [0.717, 1.165) is 51.7 Å².